The van der Waals surface area contributed by atoms with Gasteiger partial charge in [0.2, 0.25) is 0 Å². The van der Waals surface area contributed by atoms with E-state index in [1.165, 1.54) is 32.4 Å². The molecule has 1 fully saturated rings. The van der Waals surface area contributed by atoms with Gasteiger partial charge < -0.3 is 10.2 Å². The lowest BCUT2D eigenvalue weighted by molar-refractivity contribution is 0.208. The summed E-state index contributed by atoms with van der Waals surface area (Å²) in [4.78, 5) is 6.90. The molecule has 5 heteroatoms. The molecule has 108 valence electrons. The van der Waals surface area contributed by atoms with Gasteiger partial charge in [-0.1, -0.05) is 6.42 Å². The highest BCUT2D eigenvalue weighted by Crippen LogP contribution is 2.09. The first-order valence-electron chi connectivity index (χ1n) is 7.51. The molecule has 0 saturated carbocycles. The second-order valence-electron chi connectivity index (χ2n) is 5.86. The van der Waals surface area contributed by atoms with Gasteiger partial charge in [0.05, 0.1) is 6.54 Å². The highest BCUT2D eigenvalue weighted by atomic mass is 15.4. The zero-order valence-corrected chi connectivity index (χ0v) is 12.5. The molecule has 0 aliphatic carbocycles. The Morgan fingerprint density at radius 3 is 2.63 bits per heavy atom. The second kappa shape index (κ2) is 7.01. The van der Waals surface area contributed by atoms with Gasteiger partial charge in [0.1, 0.15) is 12.2 Å². The van der Waals surface area contributed by atoms with Gasteiger partial charge in [-0.25, -0.2) is 9.67 Å². The maximum Gasteiger partial charge on any atom is 0.141 e. The van der Waals surface area contributed by atoms with Gasteiger partial charge in [-0.2, -0.15) is 5.10 Å². The Balaban J connectivity index is 1.76. The fraction of sp³-hybridized carbons (Fsp3) is 0.857. The van der Waals surface area contributed by atoms with Crippen molar-refractivity contribution in [3.05, 3.63) is 12.2 Å². The largest absolute Gasteiger partial charge is 0.306 e. The van der Waals surface area contributed by atoms with Crippen LogP contribution in [-0.2, 0) is 6.54 Å². The van der Waals surface area contributed by atoms with Gasteiger partial charge in [-0.3, -0.25) is 0 Å². The van der Waals surface area contributed by atoms with E-state index in [0.717, 1.165) is 18.9 Å². The molecular weight excluding hydrogens is 238 g/mol. The Bertz CT molecular complexity index is 368. The first-order valence-corrected chi connectivity index (χ1v) is 7.51. The van der Waals surface area contributed by atoms with E-state index in [1.54, 1.807) is 6.33 Å². The van der Waals surface area contributed by atoms with Crippen molar-refractivity contribution in [2.24, 2.45) is 0 Å². The number of aromatic nitrogens is 3. The van der Waals surface area contributed by atoms with Crippen molar-refractivity contribution >= 4 is 0 Å². The fourth-order valence-electron chi connectivity index (χ4n) is 2.69. The highest BCUT2D eigenvalue weighted by Gasteiger charge is 2.14. The number of hydrogen-bond acceptors (Lipinski definition) is 4. The number of nitrogens with zero attached hydrogens (tertiary/aromatic N) is 4. The molecule has 1 atom stereocenters. The number of rotatable bonds is 6. The van der Waals surface area contributed by atoms with Crippen molar-refractivity contribution in [3.63, 3.8) is 0 Å². The molecule has 1 aliphatic heterocycles. The molecule has 0 spiro atoms. The fourth-order valence-corrected chi connectivity index (χ4v) is 2.69. The highest BCUT2D eigenvalue weighted by molar-refractivity contribution is 4.86. The van der Waals surface area contributed by atoms with Crippen LogP contribution in [0.5, 0.6) is 0 Å². The summed E-state index contributed by atoms with van der Waals surface area (Å²) in [6.45, 7) is 11.0. The van der Waals surface area contributed by atoms with Gasteiger partial charge in [0.15, 0.2) is 0 Å². The van der Waals surface area contributed by atoms with Crippen LogP contribution in [0.25, 0.3) is 0 Å². The Kier molecular flexibility index (Phi) is 5.34. The molecule has 1 saturated heterocycles. The maximum atomic E-state index is 4.33. The van der Waals surface area contributed by atoms with Crippen molar-refractivity contribution < 1.29 is 0 Å². The summed E-state index contributed by atoms with van der Waals surface area (Å²) in [5, 5.41) is 7.83. The van der Waals surface area contributed by atoms with E-state index in [4.69, 9.17) is 0 Å². The van der Waals surface area contributed by atoms with E-state index in [9.17, 15) is 0 Å². The molecule has 2 rings (SSSR count). The summed E-state index contributed by atoms with van der Waals surface area (Å²) < 4.78 is 1.99. The second-order valence-corrected chi connectivity index (χ2v) is 5.86. The minimum atomic E-state index is 0.372. The average Bonchev–Trinajstić information content (AvgIpc) is 2.86. The molecular formula is C14H27N5. The lowest BCUT2D eigenvalue weighted by Gasteiger charge is -2.29. The standard InChI is InChI=1S/C14H27N5/c1-12(2)19-14(16-11-17-19)9-15-13(3)10-18-7-5-4-6-8-18/h11-13,15H,4-10H2,1-3H3. The maximum absolute atomic E-state index is 4.33. The SMILES string of the molecule is CC(CN1CCCCC1)NCc1ncnn1C(C)C. The molecule has 1 aliphatic rings. The zero-order valence-electron chi connectivity index (χ0n) is 12.5. The van der Waals surface area contributed by atoms with E-state index in [-0.39, 0.29) is 0 Å². The summed E-state index contributed by atoms with van der Waals surface area (Å²) in [7, 11) is 0. The van der Waals surface area contributed by atoms with E-state index in [0.29, 0.717) is 12.1 Å². The number of hydrogen-bond donors (Lipinski definition) is 1. The van der Waals surface area contributed by atoms with Gasteiger partial charge in [-0.05, 0) is 46.7 Å². The lowest BCUT2D eigenvalue weighted by atomic mass is 10.1. The third kappa shape index (κ3) is 4.28. The zero-order chi connectivity index (χ0) is 13.7. The Morgan fingerprint density at radius 1 is 1.21 bits per heavy atom. The van der Waals surface area contributed by atoms with E-state index < -0.39 is 0 Å². The van der Waals surface area contributed by atoms with Gasteiger partial charge in [0, 0.05) is 18.6 Å². The number of nitrogens with one attached hydrogen (secondary N) is 1. The van der Waals surface area contributed by atoms with E-state index in [2.05, 4.69) is 41.1 Å². The van der Waals surface area contributed by atoms with E-state index >= 15 is 0 Å². The van der Waals surface area contributed by atoms with Crippen molar-refractivity contribution in [1.82, 2.24) is 25.0 Å². The van der Waals surface area contributed by atoms with E-state index in [1.807, 2.05) is 4.68 Å². The molecule has 0 amide bonds. The number of piperidine rings is 1. The third-order valence-electron chi connectivity index (χ3n) is 3.73. The van der Waals surface area contributed by atoms with Gasteiger partial charge in [0.25, 0.3) is 0 Å². The molecule has 0 radical (unpaired) electrons. The summed E-state index contributed by atoms with van der Waals surface area (Å²) in [6.07, 6.45) is 5.75. The Labute approximate surface area is 116 Å². The molecule has 2 heterocycles. The van der Waals surface area contributed by atoms with Crippen LogP contribution in [-0.4, -0.2) is 45.3 Å². The number of likely N-dealkylation sites (tertiary alicyclic amines) is 1. The Morgan fingerprint density at radius 2 is 1.95 bits per heavy atom. The molecule has 5 nitrogen and oxygen atoms in total. The molecule has 0 aromatic carbocycles. The summed E-state index contributed by atoms with van der Waals surface area (Å²) in [5.74, 6) is 1.03. The van der Waals surface area contributed by atoms with Crippen molar-refractivity contribution in [3.8, 4) is 0 Å². The minimum absolute atomic E-state index is 0.372. The summed E-state index contributed by atoms with van der Waals surface area (Å²) in [6, 6.07) is 0.868. The summed E-state index contributed by atoms with van der Waals surface area (Å²) >= 11 is 0. The predicted molar refractivity (Wildman–Crippen MR) is 77.0 cm³/mol. The van der Waals surface area contributed by atoms with Crippen LogP contribution in [0.1, 0.15) is 51.9 Å². The van der Waals surface area contributed by atoms with Crippen LogP contribution in [0.4, 0.5) is 0 Å². The van der Waals surface area contributed by atoms with Crippen LogP contribution in [0.15, 0.2) is 6.33 Å². The van der Waals surface area contributed by atoms with Crippen LogP contribution < -0.4 is 5.32 Å². The first kappa shape index (κ1) is 14.5. The van der Waals surface area contributed by atoms with Crippen molar-refractivity contribution in [2.75, 3.05) is 19.6 Å². The normalized spacial score (nSPS) is 18.9. The topological polar surface area (TPSA) is 46.0 Å². The predicted octanol–water partition coefficient (Wildman–Crippen LogP) is 1.82. The molecule has 1 N–H and O–H groups in total. The average molecular weight is 265 g/mol. The van der Waals surface area contributed by atoms with Crippen LogP contribution in [0.3, 0.4) is 0 Å². The van der Waals surface area contributed by atoms with Crippen molar-refractivity contribution in [1.29, 1.82) is 0 Å². The minimum Gasteiger partial charge on any atom is -0.306 e. The lowest BCUT2D eigenvalue weighted by Crippen LogP contribution is -2.41. The first-order chi connectivity index (χ1) is 9.16. The monoisotopic (exact) mass is 265 g/mol. The quantitative estimate of drug-likeness (QED) is 0.852. The molecule has 19 heavy (non-hydrogen) atoms. The van der Waals surface area contributed by atoms with Crippen LogP contribution in [0, 0.1) is 0 Å². The van der Waals surface area contributed by atoms with Crippen molar-refractivity contribution in [2.45, 2.75) is 58.7 Å². The van der Waals surface area contributed by atoms with Gasteiger partial charge >= 0.3 is 0 Å². The van der Waals surface area contributed by atoms with Gasteiger partial charge in [-0.15, -0.1) is 0 Å². The molecule has 0 bridgehead atoms. The molecule has 1 unspecified atom stereocenters. The Hall–Kier alpha value is -0.940. The summed E-state index contributed by atoms with van der Waals surface area (Å²) in [5.41, 5.74) is 0. The third-order valence-corrected chi connectivity index (χ3v) is 3.73. The van der Waals surface area contributed by atoms with Crippen LogP contribution in [0.2, 0.25) is 0 Å². The molecule has 1 aromatic heterocycles. The molecule has 1 aromatic rings. The van der Waals surface area contributed by atoms with Crippen LogP contribution >= 0.6 is 0 Å². The smallest absolute Gasteiger partial charge is 0.141 e.